The first-order valence-corrected chi connectivity index (χ1v) is 6.26. The van der Waals surface area contributed by atoms with Gasteiger partial charge in [0.15, 0.2) is 0 Å². The molecular weight excluding hydrogens is 229 g/mol. The molecule has 0 aliphatic heterocycles. The second-order valence-electron chi connectivity index (χ2n) is 5.04. The van der Waals surface area contributed by atoms with E-state index in [2.05, 4.69) is 9.80 Å². The van der Waals surface area contributed by atoms with Crippen LogP contribution < -0.4 is 5.73 Å². The largest absolute Gasteiger partial charge is 0.329 e. The molecule has 1 aromatic rings. The normalized spacial score (nSPS) is 13.3. The summed E-state index contributed by atoms with van der Waals surface area (Å²) in [5.74, 6) is -0.160. The average Bonchev–Trinajstić information content (AvgIpc) is 2.32. The number of hydrogen-bond acceptors (Lipinski definition) is 3. The van der Waals surface area contributed by atoms with Crippen LogP contribution in [-0.4, -0.2) is 50.6 Å². The first kappa shape index (κ1) is 15.1. The highest BCUT2D eigenvalue weighted by atomic mass is 19.1. The number of rotatable bonds is 6. The van der Waals surface area contributed by atoms with E-state index in [4.69, 9.17) is 5.73 Å². The van der Waals surface area contributed by atoms with E-state index < -0.39 is 0 Å². The summed E-state index contributed by atoms with van der Waals surface area (Å²) in [5, 5.41) is 0. The van der Waals surface area contributed by atoms with Gasteiger partial charge in [-0.2, -0.15) is 0 Å². The molecule has 0 aromatic heterocycles. The van der Waals surface area contributed by atoms with Crippen LogP contribution in [0, 0.1) is 12.7 Å². The summed E-state index contributed by atoms with van der Waals surface area (Å²) in [7, 11) is 6.10. The summed E-state index contributed by atoms with van der Waals surface area (Å²) in [5.41, 5.74) is 7.44. The van der Waals surface area contributed by atoms with Crippen molar-refractivity contribution in [2.24, 2.45) is 5.73 Å². The van der Waals surface area contributed by atoms with Crippen molar-refractivity contribution in [3.63, 3.8) is 0 Å². The van der Waals surface area contributed by atoms with Gasteiger partial charge in [0.2, 0.25) is 0 Å². The van der Waals surface area contributed by atoms with Crippen LogP contribution in [0.2, 0.25) is 0 Å². The summed E-state index contributed by atoms with van der Waals surface area (Å²) in [6.07, 6.45) is 0. The zero-order valence-corrected chi connectivity index (χ0v) is 11.8. The topological polar surface area (TPSA) is 32.5 Å². The Kier molecular flexibility index (Phi) is 5.72. The molecule has 0 heterocycles. The molecule has 1 aromatic carbocycles. The van der Waals surface area contributed by atoms with Crippen molar-refractivity contribution in [2.75, 3.05) is 40.8 Å². The Morgan fingerprint density at radius 3 is 2.39 bits per heavy atom. The van der Waals surface area contributed by atoms with E-state index in [1.807, 2.05) is 33.3 Å². The first-order chi connectivity index (χ1) is 8.45. The van der Waals surface area contributed by atoms with Crippen molar-refractivity contribution in [1.82, 2.24) is 9.80 Å². The third kappa shape index (κ3) is 4.05. The van der Waals surface area contributed by atoms with Crippen molar-refractivity contribution in [3.8, 4) is 0 Å². The maximum Gasteiger partial charge on any atom is 0.126 e. The minimum absolute atomic E-state index is 0.0695. The molecule has 1 rings (SSSR count). The van der Waals surface area contributed by atoms with Gasteiger partial charge in [-0.1, -0.05) is 12.1 Å². The molecule has 102 valence electrons. The highest BCUT2D eigenvalue weighted by Gasteiger charge is 2.16. The van der Waals surface area contributed by atoms with E-state index >= 15 is 0 Å². The molecule has 0 fully saturated rings. The Hall–Kier alpha value is -0.970. The van der Waals surface area contributed by atoms with E-state index in [1.54, 1.807) is 13.0 Å². The van der Waals surface area contributed by atoms with Crippen LogP contribution in [0.25, 0.3) is 0 Å². The molecule has 3 nitrogen and oxygen atoms in total. The molecule has 0 amide bonds. The number of nitrogens with zero attached hydrogens (tertiary/aromatic N) is 2. The second-order valence-corrected chi connectivity index (χ2v) is 5.04. The number of benzene rings is 1. The fraction of sp³-hybridized carbons (Fsp3) is 0.571. The smallest absolute Gasteiger partial charge is 0.126 e. The Bertz CT molecular complexity index is 379. The predicted octanol–water partition coefficient (Wildman–Crippen LogP) is 1.63. The molecule has 1 unspecified atom stereocenters. The third-order valence-corrected chi connectivity index (χ3v) is 3.24. The van der Waals surface area contributed by atoms with Crippen LogP contribution in [-0.2, 0) is 0 Å². The summed E-state index contributed by atoms with van der Waals surface area (Å²) < 4.78 is 13.6. The van der Waals surface area contributed by atoms with Gasteiger partial charge in [0, 0.05) is 25.7 Å². The molecule has 0 bridgehead atoms. The molecule has 4 heteroatoms. The van der Waals surface area contributed by atoms with E-state index in [0.29, 0.717) is 12.1 Å². The van der Waals surface area contributed by atoms with E-state index in [1.165, 1.54) is 0 Å². The molecule has 0 aliphatic rings. The maximum absolute atomic E-state index is 13.6. The van der Waals surface area contributed by atoms with Crippen molar-refractivity contribution in [2.45, 2.75) is 13.0 Å². The van der Waals surface area contributed by atoms with Crippen LogP contribution in [0.15, 0.2) is 18.2 Å². The number of hydrogen-bond donors (Lipinski definition) is 1. The Morgan fingerprint density at radius 1 is 1.22 bits per heavy atom. The van der Waals surface area contributed by atoms with Gasteiger partial charge in [0.25, 0.3) is 0 Å². The van der Waals surface area contributed by atoms with Crippen molar-refractivity contribution < 1.29 is 4.39 Å². The Morgan fingerprint density at radius 2 is 1.89 bits per heavy atom. The quantitative estimate of drug-likeness (QED) is 0.836. The fourth-order valence-electron chi connectivity index (χ4n) is 1.90. The van der Waals surface area contributed by atoms with Gasteiger partial charge in [-0.3, -0.25) is 4.90 Å². The standard InChI is InChI=1S/C14H24FN3/c1-11-5-6-12(9-13(11)15)14(10-16)18(4)8-7-17(2)3/h5-6,9,14H,7-8,10,16H2,1-4H3. The van der Waals surface area contributed by atoms with Gasteiger partial charge < -0.3 is 10.6 Å². The molecule has 0 saturated carbocycles. The van der Waals surface area contributed by atoms with Gasteiger partial charge in [0.1, 0.15) is 5.82 Å². The molecule has 0 spiro atoms. The lowest BCUT2D eigenvalue weighted by atomic mass is 10.0. The van der Waals surface area contributed by atoms with Crippen molar-refractivity contribution in [3.05, 3.63) is 35.1 Å². The number of likely N-dealkylation sites (N-methyl/N-ethyl adjacent to an activating group) is 2. The molecule has 2 N–H and O–H groups in total. The molecule has 18 heavy (non-hydrogen) atoms. The number of nitrogens with two attached hydrogens (primary N) is 1. The monoisotopic (exact) mass is 253 g/mol. The van der Waals surface area contributed by atoms with Crippen LogP contribution in [0.1, 0.15) is 17.2 Å². The summed E-state index contributed by atoms with van der Waals surface area (Å²) >= 11 is 0. The van der Waals surface area contributed by atoms with Crippen LogP contribution >= 0.6 is 0 Å². The molecule has 0 aliphatic carbocycles. The highest BCUT2D eigenvalue weighted by Crippen LogP contribution is 2.20. The van der Waals surface area contributed by atoms with Crippen LogP contribution in [0.4, 0.5) is 4.39 Å². The molecule has 0 radical (unpaired) electrons. The lowest BCUT2D eigenvalue weighted by Gasteiger charge is -2.28. The van der Waals surface area contributed by atoms with Gasteiger partial charge in [0.05, 0.1) is 0 Å². The van der Waals surface area contributed by atoms with Gasteiger partial charge in [-0.05, 0) is 45.3 Å². The zero-order valence-electron chi connectivity index (χ0n) is 11.8. The molecule has 0 saturated heterocycles. The number of halogens is 1. The van der Waals surface area contributed by atoms with Gasteiger partial charge in [-0.25, -0.2) is 4.39 Å². The van der Waals surface area contributed by atoms with E-state index in [9.17, 15) is 4.39 Å². The Balaban J connectivity index is 2.78. The summed E-state index contributed by atoms with van der Waals surface area (Å²) in [6, 6.07) is 5.44. The summed E-state index contributed by atoms with van der Waals surface area (Å²) in [4.78, 5) is 4.30. The number of aryl methyl sites for hydroxylation is 1. The van der Waals surface area contributed by atoms with Crippen molar-refractivity contribution in [1.29, 1.82) is 0 Å². The SMILES string of the molecule is Cc1ccc(C(CN)N(C)CCN(C)C)cc1F. The third-order valence-electron chi connectivity index (χ3n) is 3.24. The minimum atomic E-state index is -0.160. The Labute approximate surface area is 109 Å². The van der Waals surface area contributed by atoms with Crippen molar-refractivity contribution >= 4 is 0 Å². The lowest BCUT2D eigenvalue weighted by molar-refractivity contribution is 0.222. The second kappa shape index (κ2) is 6.83. The molecule has 1 atom stereocenters. The van der Waals surface area contributed by atoms with Crippen LogP contribution in [0.3, 0.4) is 0 Å². The summed E-state index contributed by atoms with van der Waals surface area (Å²) in [6.45, 7) is 4.13. The zero-order chi connectivity index (χ0) is 13.7. The molecular formula is C14H24FN3. The minimum Gasteiger partial charge on any atom is -0.329 e. The maximum atomic E-state index is 13.6. The average molecular weight is 253 g/mol. The fourth-order valence-corrected chi connectivity index (χ4v) is 1.90. The first-order valence-electron chi connectivity index (χ1n) is 6.26. The van der Waals surface area contributed by atoms with Gasteiger partial charge >= 0.3 is 0 Å². The van der Waals surface area contributed by atoms with E-state index in [0.717, 1.165) is 18.7 Å². The predicted molar refractivity (Wildman–Crippen MR) is 74.1 cm³/mol. The highest BCUT2D eigenvalue weighted by molar-refractivity contribution is 5.26. The lowest BCUT2D eigenvalue weighted by Crippen LogP contribution is -2.35. The van der Waals surface area contributed by atoms with E-state index in [-0.39, 0.29) is 11.9 Å². The van der Waals surface area contributed by atoms with Gasteiger partial charge in [-0.15, -0.1) is 0 Å². The van der Waals surface area contributed by atoms with Crippen LogP contribution in [0.5, 0.6) is 0 Å².